The van der Waals surface area contributed by atoms with Gasteiger partial charge in [-0.05, 0) is 13.8 Å². The van der Waals surface area contributed by atoms with Crippen molar-refractivity contribution in [1.29, 1.82) is 0 Å². The average Bonchev–Trinajstić information content (AvgIpc) is 2.47. The molecule has 2 saturated heterocycles. The number of hydrogen-bond acceptors (Lipinski definition) is 4. The Kier molecular flexibility index (Phi) is 2.11. The van der Waals surface area contributed by atoms with Crippen LogP contribution in [0.1, 0.15) is 20.8 Å². The van der Waals surface area contributed by atoms with Crippen LogP contribution in [0.25, 0.3) is 0 Å². The first-order valence-corrected chi connectivity index (χ1v) is 4.65. The Balaban J connectivity index is 2.07. The third kappa shape index (κ3) is 1.48. The van der Waals surface area contributed by atoms with E-state index in [2.05, 4.69) is 0 Å². The van der Waals surface area contributed by atoms with Crippen molar-refractivity contribution in [3.63, 3.8) is 0 Å². The maximum Gasteiger partial charge on any atom is 0.187 e. The lowest BCUT2D eigenvalue weighted by Gasteiger charge is -2.22. The Morgan fingerprint density at radius 3 is 2.54 bits per heavy atom. The Labute approximate surface area is 77.8 Å². The van der Waals surface area contributed by atoms with Crippen LogP contribution < -0.4 is 0 Å². The van der Waals surface area contributed by atoms with Gasteiger partial charge in [-0.15, -0.1) is 0 Å². The molecule has 0 aliphatic carbocycles. The minimum Gasteiger partial charge on any atom is -0.394 e. The molecule has 0 radical (unpaired) electrons. The molecule has 0 aromatic carbocycles. The van der Waals surface area contributed by atoms with Gasteiger partial charge in [0.2, 0.25) is 0 Å². The number of rotatable bonds is 1. The van der Waals surface area contributed by atoms with Gasteiger partial charge in [-0.2, -0.15) is 0 Å². The monoisotopic (exact) mass is 188 g/mol. The van der Waals surface area contributed by atoms with E-state index in [4.69, 9.17) is 19.3 Å². The molecule has 2 fully saturated rings. The Hall–Kier alpha value is -0.160. The molecule has 13 heavy (non-hydrogen) atoms. The maximum atomic E-state index is 8.99. The largest absolute Gasteiger partial charge is 0.394 e. The van der Waals surface area contributed by atoms with Gasteiger partial charge in [-0.1, -0.05) is 6.92 Å². The van der Waals surface area contributed by atoms with E-state index in [0.717, 1.165) is 0 Å². The predicted molar refractivity (Wildman–Crippen MR) is 44.9 cm³/mol. The molecule has 2 rings (SSSR count). The van der Waals surface area contributed by atoms with Crippen molar-refractivity contribution < 1.29 is 19.3 Å². The van der Waals surface area contributed by atoms with E-state index in [9.17, 15) is 0 Å². The fraction of sp³-hybridized carbons (Fsp3) is 1.00. The summed E-state index contributed by atoms with van der Waals surface area (Å²) in [5.41, 5.74) is 0. The van der Waals surface area contributed by atoms with Crippen molar-refractivity contribution in [2.75, 3.05) is 6.61 Å². The topological polar surface area (TPSA) is 47.9 Å². The van der Waals surface area contributed by atoms with Gasteiger partial charge in [0, 0.05) is 5.92 Å². The zero-order valence-electron chi connectivity index (χ0n) is 8.19. The molecule has 0 unspecified atom stereocenters. The van der Waals surface area contributed by atoms with Crippen LogP contribution in [0.2, 0.25) is 0 Å². The van der Waals surface area contributed by atoms with Crippen LogP contribution in [0.5, 0.6) is 0 Å². The van der Waals surface area contributed by atoms with Crippen molar-refractivity contribution in [3.05, 3.63) is 0 Å². The molecular formula is C9H16O4. The number of fused-ring (bicyclic) bond motifs is 1. The van der Waals surface area contributed by atoms with E-state index in [1.165, 1.54) is 0 Å². The minimum absolute atomic E-state index is 0.0291. The summed E-state index contributed by atoms with van der Waals surface area (Å²) in [6, 6.07) is 0. The molecule has 0 aromatic heterocycles. The lowest BCUT2D eigenvalue weighted by Crippen LogP contribution is -2.30. The van der Waals surface area contributed by atoms with Crippen LogP contribution in [0.15, 0.2) is 0 Å². The number of hydrogen-bond donors (Lipinski definition) is 1. The van der Waals surface area contributed by atoms with E-state index >= 15 is 0 Å². The summed E-state index contributed by atoms with van der Waals surface area (Å²) in [6.07, 6.45) is -0.486. The normalized spacial score (nSPS) is 48.0. The second kappa shape index (κ2) is 2.92. The molecule has 4 nitrogen and oxygen atoms in total. The van der Waals surface area contributed by atoms with E-state index in [-0.39, 0.29) is 31.0 Å². The van der Waals surface area contributed by atoms with Gasteiger partial charge in [0.15, 0.2) is 12.1 Å². The molecule has 2 aliphatic rings. The van der Waals surface area contributed by atoms with Gasteiger partial charge in [0.25, 0.3) is 0 Å². The SMILES string of the molecule is C[C@@H]1[C@@H]2OC(C)(C)O[C@@H]2O[C@@H]1CO. The van der Waals surface area contributed by atoms with Crippen LogP contribution in [0.3, 0.4) is 0 Å². The Morgan fingerprint density at radius 1 is 1.31 bits per heavy atom. The molecule has 2 heterocycles. The van der Waals surface area contributed by atoms with E-state index < -0.39 is 5.79 Å². The highest BCUT2D eigenvalue weighted by molar-refractivity contribution is 4.90. The van der Waals surface area contributed by atoms with Crippen LogP contribution in [-0.2, 0) is 14.2 Å². The molecular weight excluding hydrogens is 172 g/mol. The van der Waals surface area contributed by atoms with Crippen molar-refractivity contribution in [2.24, 2.45) is 5.92 Å². The summed E-state index contributed by atoms with van der Waals surface area (Å²) in [4.78, 5) is 0. The molecule has 2 aliphatic heterocycles. The van der Waals surface area contributed by atoms with Gasteiger partial charge in [0.05, 0.1) is 12.7 Å². The van der Waals surface area contributed by atoms with Crippen LogP contribution in [-0.4, -0.2) is 36.0 Å². The molecule has 0 saturated carbocycles. The standard InChI is InChI=1S/C9H16O4/c1-5-6(4-10)11-8-7(5)12-9(2,3)13-8/h5-8,10H,4H2,1-3H3/t5-,6+,7-,8-/m0/s1. The zero-order valence-corrected chi connectivity index (χ0v) is 8.19. The second-order valence-electron chi connectivity index (χ2n) is 4.18. The number of aliphatic hydroxyl groups excluding tert-OH is 1. The number of aliphatic hydroxyl groups is 1. The van der Waals surface area contributed by atoms with Gasteiger partial charge in [-0.3, -0.25) is 0 Å². The van der Waals surface area contributed by atoms with Crippen molar-refractivity contribution >= 4 is 0 Å². The molecule has 4 heteroatoms. The van der Waals surface area contributed by atoms with Gasteiger partial charge in [0.1, 0.15) is 6.10 Å². The molecule has 76 valence electrons. The van der Waals surface area contributed by atoms with Gasteiger partial charge < -0.3 is 19.3 Å². The lowest BCUT2D eigenvalue weighted by molar-refractivity contribution is -0.212. The van der Waals surface area contributed by atoms with Crippen molar-refractivity contribution in [1.82, 2.24) is 0 Å². The molecule has 0 bridgehead atoms. The zero-order chi connectivity index (χ0) is 9.64. The third-order valence-corrected chi connectivity index (χ3v) is 2.68. The van der Waals surface area contributed by atoms with Gasteiger partial charge >= 0.3 is 0 Å². The molecule has 0 aromatic rings. The molecule has 0 spiro atoms. The summed E-state index contributed by atoms with van der Waals surface area (Å²) < 4.78 is 16.7. The summed E-state index contributed by atoms with van der Waals surface area (Å²) in [6.45, 7) is 5.78. The third-order valence-electron chi connectivity index (χ3n) is 2.68. The minimum atomic E-state index is -0.552. The summed E-state index contributed by atoms with van der Waals surface area (Å²) in [5, 5.41) is 8.99. The molecule has 0 amide bonds. The fourth-order valence-corrected chi connectivity index (χ4v) is 1.94. The second-order valence-corrected chi connectivity index (χ2v) is 4.18. The van der Waals surface area contributed by atoms with Crippen molar-refractivity contribution in [2.45, 2.75) is 45.1 Å². The number of ether oxygens (including phenoxy) is 3. The van der Waals surface area contributed by atoms with E-state index in [1.807, 2.05) is 20.8 Å². The van der Waals surface area contributed by atoms with Crippen LogP contribution in [0, 0.1) is 5.92 Å². The fourth-order valence-electron chi connectivity index (χ4n) is 1.94. The first kappa shape index (κ1) is 9.40. The maximum absolute atomic E-state index is 8.99. The molecule has 1 N–H and O–H groups in total. The first-order valence-electron chi connectivity index (χ1n) is 4.65. The highest BCUT2D eigenvalue weighted by Crippen LogP contribution is 2.40. The molecule has 4 atom stereocenters. The van der Waals surface area contributed by atoms with E-state index in [0.29, 0.717) is 0 Å². The Morgan fingerprint density at radius 2 is 2.00 bits per heavy atom. The summed E-state index contributed by atoms with van der Waals surface area (Å²) in [7, 11) is 0. The van der Waals surface area contributed by atoms with Crippen molar-refractivity contribution in [3.8, 4) is 0 Å². The summed E-state index contributed by atoms with van der Waals surface area (Å²) in [5.74, 6) is -0.360. The first-order chi connectivity index (χ1) is 6.03. The average molecular weight is 188 g/mol. The van der Waals surface area contributed by atoms with Crippen LogP contribution >= 0.6 is 0 Å². The predicted octanol–water partition coefficient (Wildman–Crippen LogP) is 0.491. The summed E-state index contributed by atoms with van der Waals surface area (Å²) >= 11 is 0. The highest BCUT2D eigenvalue weighted by atomic mass is 16.8. The lowest BCUT2D eigenvalue weighted by atomic mass is 10.0. The van der Waals surface area contributed by atoms with Gasteiger partial charge in [-0.25, -0.2) is 0 Å². The van der Waals surface area contributed by atoms with Crippen LogP contribution in [0.4, 0.5) is 0 Å². The van der Waals surface area contributed by atoms with E-state index in [1.54, 1.807) is 0 Å². The quantitative estimate of drug-likeness (QED) is 0.650. The Bertz CT molecular complexity index is 204. The smallest absolute Gasteiger partial charge is 0.187 e. The highest BCUT2D eigenvalue weighted by Gasteiger charge is 2.52.